The van der Waals surface area contributed by atoms with Crippen LogP contribution in [0, 0.1) is 17.2 Å². The molecule has 1 aromatic carbocycles. The fraction of sp³-hybridized carbons (Fsp3) is 0.429. The first-order valence-electron chi connectivity index (χ1n) is 6.20. The highest BCUT2D eigenvalue weighted by Crippen LogP contribution is 2.18. The molecule has 1 heterocycles. The normalized spacial score (nSPS) is 20.3. The van der Waals surface area contributed by atoms with Gasteiger partial charge in [-0.15, -0.1) is 0 Å². The Kier molecular flexibility index (Phi) is 3.96. The number of nitriles is 1. The number of rotatable bonds is 3. The van der Waals surface area contributed by atoms with Crippen molar-refractivity contribution in [2.45, 2.75) is 19.4 Å². The minimum absolute atomic E-state index is 0.0297. The third kappa shape index (κ3) is 3.08. The van der Waals surface area contributed by atoms with Crippen LogP contribution in [-0.4, -0.2) is 23.9 Å². The first kappa shape index (κ1) is 12.6. The summed E-state index contributed by atoms with van der Waals surface area (Å²) < 4.78 is 0. The van der Waals surface area contributed by atoms with Crippen molar-refractivity contribution in [2.75, 3.05) is 13.1 Å². The van der Waals surface area contributed by atoms with Crippen LogP contribution in [0.15, 0.2) is 24.3 Å². The van der Waals surface area contributed by atoms with Crippen molar-refractivity contribution in [3.8, 4) is 6.07 Å². The lowest BCUT2D eigenvalue weighted by Gasteiger charge is -2.31. The van der Waals surface area contributed by atoms with Crippen molar-refractivity contribution in [1.82, 2.24) is 4.90 Å². The number of likely N-dealkylation sites (tertiary alicyclic amines) is 1. The van der Waals surface area contributed by atoms with E-state index in [1.807, 2.05) is 18.2 Å². The van der Waals surface area contributed by atoms with Gasteiger partial charge in [-0.05, 0) is 37.1 Å². The summed E-state index contributed by atoms with van der Waals surface area (Å²) in [5.41, 5.74) is 7.15. The van der Waals surface area contributed by atoms with Crippen LogP contribution in [0.5, 0.6) is 0 Å². The van der Waals surface area contributed by atoms with Gasteiger partial charge in [0.25, 0.3) is 0 Å². The summed E-state index contributed by atoms with van der Waals surface area (Å²) in [6.07, 6.45) is 1.90. The molecule has 1 unspecified atom stereocenters. The lowest BCUT2D eigenvalue weighted by Crippen LogP contribution is -2.40. The van der Waals surface area contributed by atoms with E-state index in [-0.39, 0.29) is 11.8 Å². The minimum atomic E-state index is -0.203. The van der Waals surface area contributed by atoms with Crippen LogP contribution in [0.4, 0.5) is 0 Å². The van der Waals surface area contributed by atoms with Gasteiger partial charge in [-0.3, -0.25) is 9.69 Å². The van der Waals surface area contributed by atoms with Crippen molar-refractivity contribution >= 4 is 5.91 Å². The predicted octanol–water partition coefficient (Wildman–Crippen LogP) is 1.26. The van der Waals surface area contributed by atoms with Gasteiger partial charge in [0.05, 0.1) is 17.6 Å². The molecule has 2 N–H and O–H groups in total. The molecule has 1 saturated heterocycles. The summed E-state index contributed by atoms with van der Waals surface area (Å²) in [6.45, 7) is 2.49. The number of benzene rings is 1. The molecule has 0 aliphatic carbocycles. The zero-order valence-electron chi connectivity index (χ0n) is 10.3. The highest BCUT2D eigenvalue weighted by Gasteiger charge is 2.23. The number of amides is 1. The molecule has 1 atom stereocenters. The van der Waals surface area contributed by atoms with E-state index in [1.165, 1.54) is 0 Å². The Labute approximate surface area is 107 Å². The Balaban J connectivity index is 2.00. The number of piperidine rings is 1. The highest BCUT2D eigenvalue weighted by molar-refractivity contribution is 5.76. The number of primary amides is 1. The lowest BCUT2D eigenvalue weighted by molar-refractivity contribution is -0.123. The molecule has 1 amide bonds. The topological polar surface area (TPSA) is 70.1 Å². The van der Waals surface area contributed by atoms with Crippen LogP contribution < -0.4 is 5.73 Å². The van der Waals surface area contributed by atoms with Crippen LogP contribution in [-0.2, 0) is 11.3 Å². The molecule has 1 aromatic rings. The second-order valence-electron chi connectivity index (χ2n) is 4.79. The summed E-state index contributed by atoms with van der Waals surface area (Å²) in [5, 5.41) is 8.86. The van der Waals surface area contributed by atoms with Crippen LogP contribution in [0.1, 0.15) is 24.0 Å². The Morgan fingerprint density at radius 1 is 1.56 bits per heavy atom. The highest BCUT2D eigenvalue weighted by atomic mass is 16.1. The standard InChI is InChI=1S/C14H17N3O/c15-8-11-3-1-4-12(7-11)9-17-6-2-5-13(10-17)14(16)18/h1,3-4,7,13H,2,5-6,9-10H2,(H2,16,18). The molecule has 18 heavy (non-hydrogen) atoms. The van der Waals surface area contributed by atoms with Crippen LogP contribution in [0.2, 0.25) is 0 Å². The zero-order valence-corrected chi connectivity index (χ0v) is 10.3. The van der Waals surface area contributed by atoms with Gasteiger partial charge in [0.15, 0.2) is 0 Å². The van der Waals surface area contributed by atoms with Gasteiger partial charge < -0.3 is 5.73 Å². The molecule has 0 bridgehead atoms. The van der Waals surface area contributed by atoms with Crippen molar-refractivity contribution in [3.05, 3.63) is 35.4 Å². The summed E-state index contributed by atoms with van der Waals surface area (Å²) >= 11 is 0. The maximum Gasteiger partial charge on any atom is 0.221 e. The van der Waals surface area contributed by atoms with E-state index >= 15 is 0 Å². The Hall–Kier alpha value is -1.86. The lowest BCUT2D eigenvalue weighted by atomic mass is 9.97. The third-order valence-electron chi connectivity index (χ3n) is 3.37. The van der Waals surface area contributed by atoms with Gasteiger partial charge in [-0.25, -0.2) is 0 Å². The molecule has 0 spiro atoms. The Bertz CT molecular complexity index is 478. The van der Waals surface area contributed by atoms with Gasteiger partial charge >= 0.3 is 0 Å². The van der Waals surface area contributed by atoms with Crippen molar-refractivity contribution < 1.29 is 4.79 Å². The molecule has 1 aliphatic rings. The summed E-state index contributed by atoms with van der Waals surface area (Å²) in [7, 11) is 0. The summed E-state index contributed by atoms with van der Waals surface area (Å²) in [5.74, 6) is -0.233. The monoisotopic (exact) mass is 243 g/mol. The molecule has 0 aromatic heterocycles. The van der Waals surface area contributed by atoms with Gasteiger partial charge in [-0.1, -0.05) is 12.1 Å². The van der Waals surface area contributed by atoms with Gasteiger partial charge in [0, 0.05) is 13.1 Å². The minimum Gasteiger partial charge on any atom is -0.369 e. The second kappa shape index (κ2) is 5.65. The molecule has 4 nitrogen and oxygen atoms in total. The van der Waals surface area contributed by atoms with E-state index in [0.29, 0.717) is 5.56 Å². The van der Waals surface area contributed by atoms with Crippen LogP contribution in [0.3, 0.4) is 0 Å². The second-order valence-corrected chi connectivity index (χ2v) is 4.79. The van der Waals surface area contributed by atoms with Crippen molar-refractivity contribution in [3.63, 3.8) is 0 Å². The van der Waals surface area contributed by atoms with Crippen molar-refractivity contribution in [2.24, 2.45) is 11.7 Å². The zero-order chi connectivity index (χ0) is 13.0. The largest absolute Gasteiger partial charge is 0.369 e. The molecule has 94 valence electrons. The maximum atomic E-state index is 11.2. The first-order chi connectivity index (χ1) is 8.69. The number of nitrogens with zero attached hydrogens (tertiary/aromatic N) is 2. The molecular formula is C14H17N3O. The molecule has 2 rings (SSSR count). The fourth-order valence-electron chi connectivity index (χ4n) is 2.43. The van der Waals surface area contributed by atoms with E-state index in [1.54, 1.807) is 6.07 Å². The molecular weight excluding hydrogens is 226 g/mol. The van der Waals surface area contributed by atoms with Crippen LogP contribution >= 0.6 is 0 Å². The average Bonchev–Trinajstić information content (AvgIpc) is 2.39. The maximum absolute atomic E-state index is 11.2. The Morgan fingerprint density at radius 2 is 2.39 bits per heavy atom. The van der Waals surface area contributed by atoms with Crippen LogP contribution in [0.25, 0.3) is 0 Å². The fourth-order valence-corrected chi connectivity index (χ4v) is 2.43. The van der Waals surface area contributed by atoms with Gasteiger partial charge in [0.1, 0.15) is 0 Å². The van der Waals surface area contributed by atoms with E-state index < -0.39 is 0 Å². The van der Waals surface area contributed by atoms with E-state index in [4.69, 9.17) is 11.0 Å². The van der Waals surface area contributed by atoms with E-state index in [9.17, 15) is 4.79 Å². The molecule has 4 heteroatoms. The summed E-state index contributed by atoms with van der Waals surface area (Å²) in [4.78, 5) is 13.4. The SMILES string of the molecule is N#Cc1cccc(CN2CCCC(C(N)=O)C2)c1. The van der Waals surface area contributed by atoms with Crippen molar-refractivity contribution in [1.29, 1.82) is 5.26 Å². The first-order valence-corrected chi connectivity index (χ1v) is 6.20. The predicted molar refractivity (Wildman–Crippen MR) is 68.4 cm³/mol. The smallest absolute Gasteiger partial charge is 0.221 e. The van der Waals surface area contributed by atoms with E-state index in [2.05, 4.69) is 11.0 Å². The molecule has 1 aliphatic heterocycles. The molecule has 1 fully saturated rings. The number of hydrogen-bond donors (Lipinski definition) is 1. The van der Waals surface area contributed by atoms with Gasteiger partial charge in [0.2, 0.25) is 5.91 Å². The molecule has 0 radical (unpaired) electrons. The number of nitrogens with two attached hydrogens (primary N) is 1. The Morgan fingerprint density at radius 3 is 3.11 bits per heavy atom. The quantitative estimate of drug-likeness (QED) is 0.868. The van der Waals surface area contributed by atoms with E-state index in [0.717, 1.165) is 38.0 Å². The number of carbonyl (C=O) groups excluding carboxylic acids is 1. The summed E-state index contributed by atoms with van der Waals surface area (Å²) in [6, 6.07) is 9.73. The number of carbonyl (C=O) groups is 1. The average molecular weight is 243 g/mol. The van der Waals surface area contributed by atoms with Gasteiger partial charge in [-0.2, -0.15) is 5.26 Å². The molecule has 0 saturated carbocycles. The number of hydrogen-bond acceptors (Lipinski definition) is 3. The third-order valence-corrected chi connectivity index (χ3v) is 3.37.